The van der Waals surface area contributed by atoms with Gasteiger partial charge in [-0.25, -0.2) is 0 Å². The zero-order valence-corrected chi connectivity index (χ0v) is 18.5. The second kappa shape index (κ2) is 7.62. The number of aromatic nitrogens is 2. The van der Waals surface area contributed by atoms with Crippen molar-refractivity contribution in [3.8, 4) is 11.3 Å². The first-order valence-corrected chi connectivity index (χ1v) is 10.8. The first-order chi connectivity index (χ1) is 16.1. The molecule has 1 atom stereocenters. The van der Waals surface area contributed by atoms with Crippen molar-refractivity contribution in [2.45, 2.75) is 32.6 Å². The largest absolute Gasteiger partial charge is 0.342 e. The molecule has 10 nitrogen and oxygen atoms in total. The van der Waals surface area contributed by atoms with Crippen molar-refractivity contribution in [3.63, 3.8) is 0 Å². The number of nitro groups is 2. The molecule has 3 aromatic rings. The Morgan fingerprint density at radius 1 is 0.941 bits per heavy atom. The molecular formula is C24H21N5O5. The van der Waals surface area contributed by atoms with Crippen LogP contribution in [0.25, 0.3) is 11.3 Å². The average Bonchev–Trinajstić information content (AvgIpc) is 3.20. The van der Waals surface area contributed by atoms with E-state index < -0.39 is 15.8 Å². The normalized spacial score (nSPS) is 18.6. The van der Waals surface area contributed by atoms with Crippen molar-refractivity contribution >= 4 is 23.0 Å². The van der Waals surface area contributed by atoms with Crippen LogP contribution in [-0.2, 0) is 4.79 Å². The molecule has 0 saturated carbocycles. The molecule has 0 unspecified atom stereocenters. The van der Waals surface area contributed by atoms with E-state index in [-0.39, 0.29) is 22.6 Å². The van der Waals surface area contributed by atoms with E-state index in [0.717, 1.165) is 16.8 Å². The molecule has 0 radical (unpaired) electrons. The molecular weight excluding hydrogens is 438 g/mol. The lowest BCUT2D eigenvalue weighted by atomic mass is 9.69. The number of rotatable bonds is 4. The highest BCUT2D eigenvalue weighted by Gasteiger charge is 2.42. The summed E-state index contributed by atoms with van der Waals surface area (Å²) in [5.41, 5.74) is 3.93. The van der Waals surface area contributed by atoms with E-state index in [1.165, 1.54) is 24.3 Å². The van der Waals surface area contributed by atoms with Gasteiger partial charge < -0.3 is 5.32 Å². The first-order valence-electron chi connectivity index (χ1n) is 10.8. The molecule has 0 saturated heterocycles. The number of benzene rings is 2. The summed E-state index contributed by atoms with van der Waals surface area (Å²) in [6, 6.07) is 12.3. The van der Waals surface area contributed by atoms with E-state index in [9.17, 15) is 25.0 Å². The van der Waals surface area contributed by atoms with Gasteiger partial charge in [-0.3, -0.25) is 30.1 Å². The number of Topliss-reactive ketones (excluding diaryl/α,β-unsaturated/α-hetero) is 1. The fraction of sp³-hybridized carbons (Fsp3) is 0.250. The average molecular weight is 459 g/mol. The van der Waals surface area contributed by atoms with Crippen LogP contribution in [0.5, 0.6) is 0 Å². The first kappa shape index (κ1) is 21.5. The number of nitrogens with one attached hydrogen (secondary N) is 2. The lowest BCUT2D eigenvalue weighted by Gasteiger charge is -2.38. The Balaban J connectivity index is 1.69. The van der Waals surface area contributed by atoms with Crippen LogP contribution in [0.2, 0.25) is 0 Å². The number of fused-ring (bicyclic) bond motifs is 1. The Hall–Kier alpha value is -4.34. The maximum absolute atomic E-state index is 13.4. The Kier molecular flexibility index (Phi) is 4.82. The van der Waals surface area contributed by atoms with Crippen LogP contribution in [0.3, 0.4) is 0 Å². The minimum atomic E-state index is -0.486. The Labute approximate surface area is 194 Å². The third-order valence-corrected chi connectivity index (χ3v) is 6.37. The summed E-state index contributed by atoms with van der Waals surface area (Å²) in [7, 11) is 0. The molecule has 10 heteroatoms. The van der Waals surface area contributed by atoms with Gasteiger partial charge in [-0.05, 0) is 29.5 Å². The number of aromatic amines is 1. The number of non-ortho nitro benzene ring substituents is 2. The molecule has 0 amide bonds. The summed E-state index contributed by atoms with van der Waals surface area (Å²) in [5, 5.41) is 33.1. The van der Waals surface area contributed by atoms with Crippen molar-refractivity contribution in [2.24, 2.45) is 5.41 Å². The standard InChI is InChI=1S/C24H21N5O5/c1-24(2)11-17-20(18(30)12-24)19(13-3-7-15(8-4-13)28(31)32)21-22(26-27-23(21)25-17)14-5-9-16(10-6-14)29(33)34/h3-10,19H,11-12H2,1-2H3,(H2,25,26,27)/t19-/m0/s1. The van der Waals surface area contributed by atoms with Crippen molar-refractivity contribution in [2.75, 3.05) is 5.32 Å². The summed E-state index contributed by atoms with van der Waals surface area (Å²) < 4.78 is 0. The molecule has 2 aromatic carbocycles. The molecule has 0 spiro atoms. The number of nitro benzene ring substituents is 2. The van der Waals surface area contributed by atoms with Crippen LogP contribution in [-0.4, -0.2) is 25.8 Å². The van der Waals surface area contributed by atoms with E-state index in [1.54, 1.807) is 24.3 Å². The van der Waals surface area contributed by atoms with E-state index in [4.69, 9.17) is 0 Å². The van der Waals surface area contributed by atoms with E-state index >= 15 is 0 Å². The Morgan fingerprint density at radius 2 is 1.53 bits per heavy atom. The number of anilines is 1. The predicted octanol–water partition coefficient (Wildman–Crippen LogP) is 5.09. The third kappa shape index (κ3) is 3.53. The molecule has 5 rings (SSSR count). The lowest BCUT2D eigenvalue weighted by molar-refractivity contribution is -0.385. The van der Waals surface area contributed by atoms with Gasteiger partial charge in [-0.2, -0.15) is 5.10 Å². The SMILES string of the molecule is CC1(C)CC(=O)C2=C(C1)Nc1n[nH]c(-c3ccc([N+](=O)[O-])cc3)c1[C@H]2c1ccc([N+](=O)[O-])cc1. The van der Waals surface area contributed by atoms with Crippen molar-refractivity contribution in [1.82, 2.24) is 10.2 Å². The summed E-state index contributed by atoms with van der Waals surface area (Å²) in [4.78, 5) is 34.7. The van der Waals surface area contributed by atoms with Crippen LogP contribution >= 0.6 is 0 Å². The molecule has 2 heterocycles. The molecule has 1 aliphatic heterocycles. The summed E-state index contributed by atoms with van der Waals surface area (Å²) in [6.45, 7) is 4.08. The topological polar surface area (TPSA) is 144 Å². The predicted molar refractivity (Wildman–Crippen MR) is 124 cm³/mol. The number of nitrogens with zero attached hydrogens (tertiary/aromatic N) is 3. The van der Waals surface area contributed by atoms with Gasteiger partial charge in [0, 0.05) is 59.0 Å². The van der Waals surface area contributed by atoms with Gasteiger partial charge in [0.15, 0.2) is 11.6 Å². The minimum absolute atomic E-state index is 0.0172. The van der Waals surface area contributed by atoms with Gasteiger partial charge in [-0.15, -0.1) is 0 Å². The van der Waals surface area contributed by atoms with Gasteiger partial charge in [0.25, 0.3) is 11.4 Å². The van der Waals surface area contributed by atoms with Gasteiger partial charge in [0.2, 0.25) is 0 Å². The van der Waals surface area contributed by atoms with Crippen LogP contribution in [0, 0.1) is 25.6 Å². The maximum atomic E-state index is 13.4. The maximum Gasteiger partial charge on any atom is 0.269 e. The van der Waals surface area contributed by atoms with Gasteiger partial charge >= 0.3 is 0 Å². The fourth-order valence-corrected chi connectivity index (χ4v) is 4.89. The second-order valence-corrected chi connectivity index (χ2v) is 9.40. The highest BCUT2D eigenvalue weighted by atomic mass is 16.6. The number of hydrogen-bond acceptors (Lipinski definition) is 7. The Bertz CT molecular complexity index is 1370. The van der Waals surface area contributed by atoms with Crippen LogP contribution in [0.15, 0.2) is 59.8 Å². The highest BCUT2D eigenvalue weighted by molar-refractivity contribution is 6.02. The zero-order valence-electron chi connectivity index (χ0n) is 18.5. The number of carbonyl (C=O) groups excluding carboxylic acids is 1. The molecule has 1 aromatic heterocycles. The number of allylic oxidation sites excluding steroid dienone is 2. The monoisotopic (exact) mass is 459 g/mol. The molecule has 1 aliphatic carbocycles. The zero-order chi connectivity index (χ0) is 24.2. The molecule has 2 aliphatic rings. The van der Waals surface area contributed by atoms with Crippen LogP contribution < -0.4 is 5.32 Å². The quantitative estimate of drug-likeness (QED) is 0.408. The number of carbonyl (C=O) groups is 1. The molecule has 0 fully saturated rings. The number of H-pyrrole nitrogens is 1. The number of ketones is 1. The molecule has 0 bridgehead atoms. The van der Waals surface area contributed by atoms with E-state index in [0.29, 0.717) is 35.5 Å². The van der Waals surface area contributed by atoms with Crippen molar-refractivity contribution in [1.29, 1.82) is 0 Å². The van der Waals surface area contributed by atoms with Crippen molar-refractivity contribution < 1.29 is 14.6 Å². The van der Waals surface area contributed by atoms with Gasteiger partial charge in [0.05, 0.1) is 15.5 Å². The summed E-state index contributed by atoms with van der Waals surface area (Å²) in [5.74, 6) is 0.101. The van der Waals surface area contributed by atoms with E-state index in [2.05, 4.69) is 15.5 Å². The fourth-order valence-electron chi connectivity index (χ4n) is 4.89. The second-order valence-electron chi connectivity index (χ2n) is 9.40. The van der Waals surface area contributed by atoms with Gasteiger partial charge in [0.1, 0.15) is 0 Å². The molecule has 172 valence electrons. The van der Waals surface area contributed by atoms with Crippen LogP contribution in [0.4, 0.5) is 17.2 Å². The van der Waals surface area contributed by atoms with Gasteiger partial charge in [-0.1, -0.05) is 26.0 Å². The number of hydrogen-bond donors (Lipinski definition) is 2. The lowest BCUT2D eigenvalue weighted by Crippen LogP contribution is -2.33. The highest BCUT2D eigenvalue weighted by Crippen LogP contribution is 2.51. The smallest absolute Gasteiger partial charge is 0.269 e. The molecule has 2 N–H and O–H groups in total. The third-order valence-electron chi connectivity index (χ3n) is 6.37. The van der Waals surface area contributed by atoms with E-state index in [1.807, 2.05) is 13.8 Å². The van der Waals surface area contributed by atoms with Crippen molar-refractivity contribution in [3.05, 3.63) is 91.2 Å². The minimum Gasteiger partial charge on any atom is -0.342 e. The van der Waals surface area contributed by atoms with Crippen LogP contribution in [0.1, 0.15) is 43.7 Å². The summed E-state index contributed by atoms with van der Waals surface area (Å²) >= 11 is 0. The summed E-state index contributed by atoms with van der Waals surface area (Å²) in [6.07, 6.45) is 1.05. The Morgan fingerprint density at radius 3 is 2.12 bits per heavy atom. The molecule has 34 heavy (non-hydrogen) atoms.